The van der Waals surface area contributed by atoms with Crippen LogP contribution in [0.4, 0.5) is 5.00 Å². The maximum absolute atomic E-state index is 13.6. The molecule has 0 spiro atoms. The maximum atomic E-state index is 13.6. The lowest BCUT2D eigenvalue weighted by Crippen LogP contribution is -2.31. The monoisotopic (exact) mass is 640 g/mol. The first-order valence-electron chi connectivity index (χ1n) is 14.3. The molecule has 224 valence electrons. The average molecular weight is 641 g/mol. The molecule has 0 unspecified atom stereocenters. The van der Waals surface area contributed by atoms with Crippen molar-refractivity contribution >= 4 is 53.8 Å². The van der Waals surface area contributed by atoms with Crippen LogP contribution in [0, 0.1) is 0 Å². The third-order valence-corrected chi connectivity index (χ3v) is 11.6. The second kappa shape index (κ2) is 13.0. The summed E-state index contributed by atoms with van der Waals surface area (Å²) in [6.45, 7) is 10.2. The summed E-state index contributed by atoms with van der Waals surface area (Å²) in [6.07, 6.45) is 3.93. The molecule has 0 saturated carbocycles. The van der Waals surface area contributed by atoms with Gasteiger partial charge in [-0.1, -0.05) is 54.6 Å². The van der Waals surface area contributed by atoms with Crippen LogP contribution in [-0.4, -0.2) is 48.1 Å². The van der Waals surface area contributed by atoms with Gasteiger partial charge in [0.05, 0.1) is 15.1 Å². The van der Waals surface area contributed by atoms with Crippen LogP contribution in [0.1, 0.15) is 26.4 Å². The van der Waals surface area contributed by atoms with E-state index in [0.717, 1.165) is 51.8 Å². The van der Waals surface area contributed by atoms with Crippen LogP contribution < -0.4 is 5.32 Å². The lowest BCUT2D eigenvalue weighted by atomic mass is 10.0. The number of sulfonamides is 1. The van der Waals surface area contributed by atoms with Crippen molar-refractivity contribution < 1.29 is 13.2 Å². The lowest BCUT2D eigenvalue weighted by Gasteiger charge is -2.27. The van der Waals surface area contributed by atoms with Gasteiger partial charge in [-0.15, -0.1) is 35.8 Å². The number of carbonyl (C=O) groups excluding carboxylic acids is 1. The van der Waals surface area contributed by atoms with E-state index in [4.69, 9.17) is 4.98 Å². The second-order valence-corrected chi connectivity index (χ2v) is 14.6. The number of carbonyl (C=O) groups is 1. The molecule has 7 nitrogen and oxygen atoms in total. The third-order valence-electron chi connectivity index (χ3n) is 7.54. The fraction of sp³-hybridized carbons (Fsp3) is 0.176. The summed E-state index contributed by atoms with van der Waals surface area (Å²) < 4.78 is 28.6. The number of hydrogen-bond donors (Lipinski definition) is 1. The third kappa shape index (κ3) is 6.17. The standard InChI is InChI=1S/C34H32N4O3S3/c1-3-19-38(20-4-2)44(40,41)26-16-14-25(15-17-26)32(39)36-34-31(33-35-28-12-8-9-13-29(28)42-33)27-18-21-37(23-30(27)43-34)22-24-10-6-5-7-11-24/h3-17H,1-2,18-23H2,(H,36,39). The van der Waals surface area contributed by atoms with E-state index in [2.05, 4.69) is 53.7 Å². The first-order valence-corrected chi connectivity index (χ1v) is 17.3. The molecule has 1 N–H and O–H groups in total. The zero-order chi connectivity index (χ0) is 30.7. The number of thiophene rings is 1. The molecule has 3 aromatic carbocycles. The van der Waals surface area contributed by atoms with E-state index in [1.54, 1.807) is 34.8 Å². The van der Waals surface area contributed by atoms with Crippen LogP contribution in [0.5, 0.6) is 0 Å². The average Bonchev–Trinajstić information content (AvgIpc) is 3.62. The normalized spacial score (nSPS) is 13.6. The number of hydrogen-bond acceptors (Lipinski definition) is 7. The molecule has 44 heavy (non-hydrogen) atoms. The van der Waals surface area contributed by atoms with Crippen molar-refractivity contribution in [1.29, 1.82) is 0 Å². The number of nitrogens with zero attached hydrogens (tertiary/aromatic N) is 3. The largest absolute Gasteiger partial charge is 0.313 e. The summed E-state index contributed by atoms with van der Waals surface area (Å²) in [6, 6.07) is 24.6. The van der Waals surface area contributed by atoms with Crippen LogP contribution in [0.25, 0.3) is 20.8 Å². The summed E-state index contributed by atoms with van der Waals surface area (Å²) in [5, 5.41) is 4.81. The van der Waals surface area contributed by atoms with Crippen molar-refractivity contribution in [3.05, 3.63) is 126 Å². The number of anilines is 1. The predicted molar refractivity (Wildman–Crippen MR) is 181 cm³/mol. The molecule has 5 aromatic rings. The number of thiazole rings is 1. The molecule has 0 bridgehead atoms. The van der Waals surface area contributed by atoms with Crippen molar-refractivity contribution in [3.8, 4) is 10.6 Å². The van der Waals surface area contributed by atoms with Crippen molar-refractivity contribution in [1.82, 2.24) is 14.2 Å². The number of rotatable bonds is 11. The molecular formula is C34H32N4O3S3. The number of fused-ring (bicyclic) bond motifs is 2. The highest BCUT2D eigenvalue weighted by Gasteiger charge is 2.28. The zero-order valence-electron chi connectivity index (χ0n) is 24.1. The van der Waals surface area contributed by atoms with Gasteiger partial charge in [0.15, 0.2) is 0 Å². The fourth-order valence-electron chi connectivity index (χ4n) is 5.39. The lowest BCUT2D eigenvalue weighted by molar-refractivity contribution is 0.102. The van der Waals surface area contributed by atoms with E-state index in [1.807, 2.05) is 24.3 Å². The van der Waals surface area contributed by atoms with Crippen LogP contribution in [0.15, 0.2) is 109 Å². The van der Waals surface area contributed by atoms with E-state index in [1.165, 1.54) is 44.6 Å². The molecule has 2 aromatic heterocycles. The van der Waals surface area contributed by atoms with Gasteiger partial charge in [-0.2, -0.15) is 4.31 Å². The van der Waals surface area contributed by atoms with Crippen molar-refractivity contribution in [3.63, 3.8) is 0 Å². The Kier molecular flexibility index (Phi) is 8.88. The van der Waals surface area contributed by atoms with Crippen LogP contribution in [0.2, 0.25) is 0 Å². The zero-order valence-corrected chi connectivity index (χ0v) is 26.6. The highest BCUT2D eigenvalue weighted by atomic mass is 32.2. The molecule has 1 aliphatic rings. The minimum atomic E-state index is -3.76. The molecule has 0 fully saturated rings. The van der Waals surface area contributed by atoms with Gasteiger partial charge in [-0.05, 0) is 53.9 Å². The smallest absolute Gasteiger partial charge is 0.256 e. The number of para-hydroxylation sites is 1. The maximum Gasteiger partial charge on any atom is 0.256 e. The number of aromatic nitrogens is 1. The Labute approximate surface area is 265 Å². The molecule has 0 atom stereocenters. The van der Waals surface area contributed by atoms with Gasteiger partial charge in [-0.3, -0.25) is 9.69 Å². The first-order chi connectivity index (χ1) is 21.4. The van der Waals surface area contributed by atoms with E-state index in [-0.39, 0.29) is 23.9 Å². The Morgan fingerprint density at radius 1 is 0.955 bits per heavy atom. The van der Waals surface area contributed by atoms with Gasteiger partial charge in [0.2, 0.25) is 10.0 Å². The van der Waals surface area contributed by atoms with E-state index in [9.17, 15) is 13.2 Å². The van der Waals surface area contributed by atoms with Crippen molar-refractivity contribution in [2.45, 2.75) is 24.4 Å². The van der Waals surface area contributed by atoms with Gasteiger partial charge < -0.3 is 5.32 Å². The van der Waals surface area contributed by atoms with Gasteiger partial charge in [0.1, 0.15) is 10.0 Å². The first kappa shape index (κ1) is 30.1. The highest BCUT2D eigenvalue weighted by Crippen LogP contribution is 2.46. The Bertz CT molecular complexity index is 1890. The van der Waals surface area contributed by atoms with Crippen molar-refractivity contribution in [2.24, 2.45) is 0 Å². The summed E-state index contributed by atoms with van der Waals surface area (Å²) >= 11 is 3.23. The minimum absolute atomic E-state index is 0.109. The van der Waals surface area contributed by atoms with E-state index < -0.39 is 10.0 Å². The fourth-order valence-corrected chi connectivity index (χ4v) is 9.16. The minimum Gasteiger partial charge on any atom is -0.313 e. The molecule has 1 aliphatic heterocycles. The SMILES string of the molecule is C=CCN(CC=C)S(=O)(=O)c1ccc(C(=O)Nc2sc3c(c2-c2nc4ccccc4s2)CCN(Cc2ccccc2)C3)cc1. The van der Waals surface area contributed by atoms with Gasteiger partial charge in [-0.25, -0.2) is 13.4 Å². The summed E-state index contributed by atoms with van der Waals surface area (Å²) in [7, 11) is -3.76. The molecule has 10 heteroatoms. The summed E-state index contributed by atoms with van der Waals surface area (Å²) in [4.78, 5) is 22.3. The molecule has 6 rings (SSSR count). The molecule has 0 radical (unpaired) electrons. The Balaban J connectivity index is 1.30. The van der Waals surface area contributed by atoms with Gasteiger partial charge in [0, 0.05) is 48.7 Å². The molecule has 0 saturated heterocycles. The van der Waals surface area contributed by atoms with Crippen molar-refractivity contribution in [2.75, 3.05) is 25.0 Å². The van der Waals surface area contributed by atoms with Gasteiger partial charge in [0.25, 0.3) is 5.91 Å². The Hall–Kier alpha value is -3.93. The Morgan fingerprint density at radius 2 is 1.66 bits per heavy atom. The molecule has 0 aliphatic carbocycles. The molecule has 1 amide bonds. The topological polar surface area (TPSA) is 82.6 Å². The molecular weight excluding hydrogens is 609 g/mol. The van der Waals surface area contributed by atoms with Crippen LogP contribution in [-0.2, 0) is 29.5 Å². The van der Waals surface area contributed by atoms with Crippen LogP contribution >= 0.6 is 22.7 Å². The Morgan fingerprint density at radius 3 is 2.36 bits per heavy atom. The summed E-state index contributed by atoms with van der Waals surface area (Å²) in [5.41, 5.74) is 4.80. The van der Waals surface area contributed by atoms with E-state index in [0.29, 0.717) is 5.56 Å². The van der Waals surface area contributed by atoms with E-state index >= 15 is 0 Å². The number of amides is 1. The summed E-state index contributed by atoms with van der Waals surface area (Å²) in [5.74, 6) is -0.301. The molecule has 3 heterocycles. The number of benzene rings is 3. The van der Waals surface area contributed by atoms with Crippen LogP contribution in [0.3, 0.4) is 0 Å². The van der Waals surface area contributed by atoms with Gasteiger partial charge >= 0.3 is 0 Å². The predicted octanol–water partition coefficient (Wildman–Crippen LogP) is 7.20. The quantitative estimate of drug-likeness (QED) is 0.155. The second-order valence-electron chi connectivity index (χ2n) is 10.5. The number of nitrogens with one attached hydrogen (secondary N) is 1. The highest BCUT2D eigenvalue weighted by molar-refractivity contribution is 7.89.